The van der Waals surface area contributed by atoms with E-state index in [0.29, 0.717) is 19.2 Å². The number of pyridine rings is 3. The molecule has 0 aliphatic carbocycles. The first-order valence-electron chi connectivity index (χ1n) is 7.90. The maximum Gasteiger partial charge on any atom is 0.408 e. The summed E-state index contributed by atoms with van der Waals surface area (Å²) in [7, 11) is 0. The molecular weight excluding hydrogens is 423 g/mol. The van der Waals surface area contributed by atoms with Gasteiger partial charge in [-0.1, -0.05) is 11.6 Å². The Morgan fingerprint density at radius 1 is 1.28 bits per heavy atom. The Labute approximate surface area is 164 Å². The number of amides is 1. The number of halogens is 6. The molecule has 3 aromatic rings. The molecule has 3 heterocycles. The van der Waals surface area contributed by atoms with Crippen LogP contribution in [0, 0.1) is 11.6 Å². The second-order valence-corrected chi connectivity index (χ2v) is 6.33. The number of hydrogen-bond acceptors (Lipinski definition) is 4. The Hall–Kier alpha value is -3.08. The van der Waals surface area contributed by atoms with Gasteiger partial charge < -0.3 is 5.32 Å². The van der Waals surface area contributed by atoms with Crippen molar-refractivity contribution in [3.8, 4) is 5.82 Å². The highest BCUT2D eigenvalue weighted by Crippen LogP contribution is 2.22. The average molecular weight is 433 g/mol. The molecular formula is C17H10ClF5N4O2. The third-order valence-electron chi connectivity index (χ3n) is 3.92. The first-order chi connectivity index (χ1) is 13.5. The highest BCUT2D eigenvalue weighted by atomic mass is 35.5. The lowest BCUT2D eigenvalue weighted by molar-refractivity contribution is -0.149. The van der Waals surface area contributed by atoms with Crippen LogP contribution in [0.1, 0.15) is 17.3 Å². The lowest BCUT2D eigenvalue weighted by Gasteiger charge is -2.18. The van der Waals surface area contributed by atoms with Crippen LogP contribution < -0.4 is 10.7 Å². The van der Waals surface area contributed by atoms with Crippen LogP contribution in [0.2, 0.25) is 5.15 Å². The van der Waals surface area contributed by atoms with Gasteiger partial charge in [-0.15, -0.1) is 0 Å². The van der Waals surface area contributed by atoms with Crippen LogP contribution in [0.25, 0.3) is 16.9 Å². The molecule has 12 heteroatoms. The van der Waals surface area contributed by atoms with Gasteiger partial charge in [0.15, 0.2) is 17.3 Å². The highest BCUT2D eigenvalue weighted by Gasteiger charge is 2.37. The average Bonchev–Trinajstić information content (AvgIpc) is 2.61. The first-order valence-corrected chi connectivity index (χ1v) is 8.27. The molecule has 3 rings (SSSR count). The van der Waals surface area contributed by atoms with E-state index in [1.165, 1.54) is 12.1 Å². The van der Waals surface area contributed by atoms with Crippen molar-refractivity contribution in [3.63, 3.8) is 0 Å². The number of alkyl halides is 3. The van der Waals surface area contributed by atoms with Gasteiger partial charge in [0.2, 0.25) is 5.43 Å². The number of fused-ring (bicyclic) bond motifs is 1. The largest absolute Gasteiger partial charge is 0.408 e. The van der Waals surface area contributed by atoms with E-state index in [4.69, 9.17) is 11.6 Å². The fourth-order valence-corrected chi connectivity index (χ4v) is 2.59. The van der Waals surface area contributed by atoms with Crippen LogP contribution in [0.3, 0.4) is 0 Å². The Balaban J connectivity index is 2.25. The molecule has 1 N–H and O–H groups in total. The minimum atomic E-state index is -4.74. The van der Waals surface area contributed by atoms with Gasteiger partial charge in [0.1, 0.15) is 22.6 Å². The van der Waals surface area contributed by atoms with Crippen molar-refractivity contribution >= 4 is 28.5 Å². The van der Waals surface area contributed by atoms with E-state index in [-0.39, 0.29) is 16.2 Å². The van der Waals surface area contributed by atoms with Crippen molar-refractivity contribution in [2.24, 2.45) is 0 Å². The third kappa shape index (κ3) is 4.04. The van der Waals surface area contributed by atoms with Gasteiger partial charge in [-0.2, -0.15) is 13.2 Å². The monoisotopic (exact) mass is 432 g/mol. The SMILES string of the molecule is CC(NC(=O)c1cn(-c2ncc(F)cc2F)c2nc(Cl)ccc2c1=O)C(F)(F)F. The molecule has 1 atom stereocenters. The first kappa shape index (κ1) is 20.6. The molecule has 0 aliphatic heterocycles. The Morgan fingerprint density at radius 3 is 2.59 bits per heavy atom. The van der Waals surface area contributed by atoms with E-state index in [2.05, 4.69) is 9.97 Å². The molecule has 0 saturated carbocycles. The fourth-order valence-electron chi connectivity index (χ4n) is 2.44. The summed E-state index contributed by atoms with van der Waals surface area (Å²) in [6.45, 7) is 0.694. The van der Waals surface area contributed by atoms with E-state index >= 15 is 0 Å². The van der Waals surface area contributed by atoms with Crippen LogP contribution >= 0.6 is 11.6 Å². The van der Waals surface area contributed by atoms with E-state index in [0.717, 1.165) is 10.8 Å². The summed E-state index contributed by atoms with van der Waals surface area (Å²) in [6.07, 6.45) is -3.29. The zero-order valence-corrected chi connectivity index (χ0v) is 15.1. The maximum atomic E-state index is 14.3. The van der Waals surface area contributed by atoms with E-state index < -0.39 is 46.6 Å². The molecule has 0 aromatic carbocycles. The molecule has 3 aromatic heterocycles. The minimum absolute atomic E-state index is 0.0870. The predicted molar refractivity (Wildman–Crippen MR) is 93.0 cm³/mol. The molecule has 29 heavy (non-hydrogen) atoms. The summed E-state index contributed by atoms with van der Waals surface area (Å²) >= 11 is 5.81. The summed E-state index contributed by atoms with van der Waals surface area (Å²) in [5.74, 6) is -4.02. The van der Waals surface area contributed by atoms with Crippen molar-refractivity contribution in [1.82, 2.24) is 19.9 Å². The highest BCUT2D eigenvalue weighted by molar-refractivity contribution is 6.29. The second kappa shape index (κ2) is 7.39. The van der Waals surface area contributed by atoms with E-state index in [1.54, 1.807) is 5.32 Å². The van der Waals surface area contributed by atoms with Gasteiger partial charge in [-0.25, -0.2) is 18.7 Å². The summed E-state index contributed by atoms with van der Waals surface area (Å²) in [5.41, 5.74) is -1.89. The summed E-state index contributed by atoms with van der Waals surface area (Å²) in [6, 6.07) is 0.643. The molecule has 6 nitrogen and oxygen atoms in total. The van der Waals surface area contributed by atoms with Crippen molar-refractivity contribution < 1.29 is 26.7 Å². The summed E-state index contributed by atoms with van der Waals surface area (Å²) in [4.78, 5) is 32.4. The van der Waals surface area contributed by atoms with Crippen LogP contribution in [-0.2, 0) is 0 Å². The molecule has 0 saturated heterocycles. The van der Waals surface area contributed by atoms with Crippen molar-refractivity contribution in [2.45, 2.75) is 19.1 Å². The molecule has 0 radical (unpaired) electrons. The third-order valence-corrected chi connectivity index (χ3v) is 4.13. The van der Waals surface area contributed by atoms with Crippen LogP contribution in [0.5, 0.6) is 0 Å². The molecule has 0 spiro atoms. The summed E-state index contributed by atoms with van der Waals surface area (Å²) < 4.78 is 66.5. The topological polar surface area (TPSA) is 76.9 Å². The standard InChI is InChI=1S/C17H10ClF5N4O2/c1-7(17(21,22)23)25-16(29)10-6-27(15-11(20)4-8(19)5-24-15)14-9(13(10)28)2-3-12(18)26-14/h2-7H,1H3,(H,25,29). The number of rotatable bonds is 3. The zero-order chi connectivity index (χ0) is 21.5. The van der Waals surface area contributed by atoms with Crippen LogP contribution in [0.15, 0.2) is 35.4 Å². The van der Waals surface area contributed by atoms with Crippen LogP contribution in [-0.4, -0.2) is 32.7 Å². The van der Waals surface area contributed by atoms with Crippen molar-refractivity contribution in [3.05, 3.63) is 63.2 Å². The Morgan fingerprint density at radius 2 is 1.97 bits per heavy atom. The molecule has 0 fully saturated rings. The molecule has 1 unspecified atom stereocenters. The van der Waals surface area contributed by atoms with E-state index in [1.807, 2.05) is 0 Å². The zero-order valence-electron chi connectivity index (χ0n) is 14.4. The molecule has 0 bridgehead atoms. The smallest absolute Gasteiger partial charge is 0.340 e. The van der Waals surface area contributed by atoms with E-state index in [9.17, 15) is 31.5 Å². The number of nitrogens with zero attached hydrogens (tertiary/aromatic N) is 3. The molecule has 0 aliphatic rings. The van der Waals surface area contributed by atoms with Gasteiger partial charge >= 0.3 is 6.18 Å². The van der Waals surface area contributed by atoms with Gasteiger partial charge in [0.25, 0.3) is 5.91 Å². The number of hydrogen-bond donors (Lipinski definition) is 1. The Bertz CT molecular complexity index is 1180. The van der Waals surface area contributed by atoms with Crippen LogP contribution in [0.4, 0.5) is 22.0 Å². The Kier molecular flexibility index (Phi) is 5.26. The molecule has 1 amide bonds. The van der Waals surface area contributed by atoms with Gasteiger partial charge in [-0.05, 0) is 19.1 Å². The number of nitrogens with one attached hydrogen (secondary N) is 1. The minimum Gasteiger partial charge on any atom is -0.340 e. The lowest BCUT2D eigenvalue weighted by Crippen LogP contribution is -2.44. The van der Waals surface area contributed by atoms with Gasteiger partial charge in [0, 0.05) is 12.3 Å². The quantitative estimate of drug-likeness (QED) is 0.508. The lowest BCUT2D eigenvalue weighted by atomic mass is 10.1. The maximum absolute atomic E-state index is 14.3. The van der Waals surface area contributed by atoms with Gasteiger partial charge in [0.05, 0.1) is 11.6 Å². The predicted octanol–water partition coefficient (Wildman–Crippen LogP) is 3.39. The number of aromatic nitrogens is 3. The summed E-state index contributed by atoms with van der Waals surface area (Å²) in [5, 5.41) is 1.34. The number of carbonyl (C=O) groups is 1. The molecule has 152 valence electrons. The van der Waals surface area contributed by atoms with Gasteiger partial charge in [-0.3, -0.25) is 14.2 Å². The number of carbonyl (C=O) groups excluding carboxylic acids is 1. The van der Waals surface area contributed by atoms with Crippen molar-refractivity contribution in [2.75, 3.05) is 0 Å². The second-order valence-electron chi connectivity index (χ2n) is 5.94. The van der Waals surface area contributed by atoms with Crippen molar-refractivity contribution in [1.29, 1.82) is 0 Å². The normalized spacial score (nSPS) is 12.8. The fraction of sp³-hybridized carbons (Fsp3) is 0.176.